The first-order chi connectivity index (χ1) is 11.4. The average Bonchev–Trinajstić information content (AvgIpc) is 2.57. The van der Waals surface area contributed by atoms with Crippen molar-refractivity contribution in [1.82, 2.24) is 0 Å². The molecular formula is C19H21NO4. The van der Waals surface area contributed by atoms with Crippen LogP contribution in [-0.4, -0.2) is 25.1 Å². The number of esters is 1. The second-order valence-electron chi connectivity index (χ2n) is 5.48. The molecule has 0 spiro atoms. The minimum absolute atomic E-state index is 0.418. The molecule has 24 heavy (non-hydrogen) atoms. The summed E-state index contributed by atoms with van der Waals surface area (Å²) in [5, 5.41) is 2.70. The van der Waals surface area contributed by atoms with Crippen LogP contribution in [0.25, 0.3) is 0 Å². The highest BCUT2D eigenvalue weighted by Gasteiger charge is 2.21. The molecule has 2 aromatic carbocycles. The molecule has 1 amide bonds. The molecule has 0 saturated carbocycles. The molecule has 0 aliphatic heterocycles. The molecule has 0 saturated heterocycles. The molecule has 2 rings (SSSR count). The molecule has 1 atom stereocenters. The number of carbonyl (C=O) groups is 2. The van der Waals surface area contributed by atoms with E-state index < -0.39 is 18.0 Å². The van der Waals surface area contributed by atoms with Gasteiger partial charge in [0.2, 0.25) is 0 Å². The number of benzene rings is 2. The molecule has 0 aliphatic carbocycles. The van der Waals surface area contributed by atoms with E-state index in [0.717, 1.165) is 11.1 Å². The van der Waals surface area contributed by atoms with Gasteiger partial charge in [-0.2, -0.15) is 0 Å². The van der Waals surface area contributed by atoms with Crippen molar-refractivity contribution >= 4 is 17.6 Å². The Kier molecular flexibility index (Phi) is 5.58. The molecule has 1 N–H and O–H groups in total. The monoisotopic (exact) mass is 327 g/mol. The average molecular weight is 327 g/mol. The summed E-state index contributed by atoms with van der Waals surface area (Å²) in [5.41, 5.74) is 2.84. The number of ether oxygens (including phenoxy) is 2. The maximum Gasteiger partial charge on any atom is 0.339 e. The zero-order valence-electron chi connectivity index (χ0n) is 14.3. The Labute approximate surface area is 141 Å². The highest BCUT2D eigenvalue weighted by Crippen LogP contribution is 2.23. The van der Waals surface area contributed by atoms with Crippen molar-refractivity contribution in [3.05, 3.63) is 59.2 Å². The van der Waals surface area contributed by atoms with Crippen LogP contribution >= 0.6 is 0 Å². The van der Waals surface area contributed by atoms with E-state index in [4.69, 9.17) is 9.47 Å². The van der Waals surface area contributed by atoms with Gasteiger partial charge in [-0.1, -0.05) is 24.3 Å². The maximum atomic E-state index is 12.3. The van der Waals surface area contributed by atoms with Gasteiger partial charge in [-0.15, -0.1) is 0 Å². The number of carbonyl (C=O) groups excluding carboxylic acids is 2. The van der Waals surface area contributed by atoms with Gasteiger partial charge in [0.1, 0.15) is 5.75 Å². The predicted octanol–water partition coefficient (Wildman–Crippen LogP) is 3.50. The summed E-state index contributed by atoms with van der Waals surface area (Å²) in [6, 6.07) is 12.4. The summed E-state index contributed by atoms with van der Waals surface area (Å²) in [6.45, 7) is 5.31. The van der Waals surface area contributed by atoms with E-state index in [2.05, 4.69) is 5.32 Å². The van der Waals surface area contributed by atoms with E-state index in [9.17, 15) is 9.59 Å². The normalized spacial score (nSPS) is 11.5. The molecule has 5 nitrogen and oxygen atoms in total. The molecule has 0 bridgehead atoms. The van der Waals surface area contributed by atoms with Gasteiger partial charge < -0.3 is 14.8 Å². The Morgan fingerprint density at radius 1 is 1.04 bits per heavy atom. The van der Waals surface area contributed by atoms with E-state index in [0.29, 0.717) is 17.0 Å². The lowest BCUT2D eigenvalue weighted by Gasteiger charge is -2.16. The van der Waals surface area contributed by atoms with Crippen LogP contribution < -0.4 is 10.1 Å². The Bertz CT molecular complexity index is 755. The van der Waals surface area contributed by atoms with Gasteiger partial charge in [0, 0.05) is 0 Å². The molecular weight excluding hydrogens is 306 g/mol. The second-order valence-corrected chi connectivity index (χ2v) is 5.48. The fraction of sp³-hybridized carbons (Fsp3) is 0.263. The molecule has 0 radical (unpaired) electrons. The van der Waals surface area contributed by atoms with Crippen LogP contribution in [0.2, 0.25) is 0 Å². The molecule has 0 fully saturated rings. The number of nitrogens with one attached hydrogen (secondary N) is 1. The van der Waals surface area contributed by atoms with Crippen LogP contribution in [0.1, 0.15) is 28.4 Å². The first-order valence-corrected chi connectivity index (χ1v) is 7.65. The lowest BCUT2D eigenvalue weighted by molar-refractivity contribution is -0.123. The highest BCUT2D eigenvalue weighted by molar-refractivity contribution is 5.98. The first kappa shape index (κ1) is 17.5. The number of methoxy groups -OCH3 is 1. The smallest absolute Gasteiger partial charge is 0.339 e. The number of amides is 1. The summed E-state index contributed by atoms with van der Waals surface area (Å²) in [7, 11) is 1.52. The number of anilines is 1. The topological polar surface area (TPSA) is 64.6 Å². The zero-order chi connectivity index (χ0) is 17.7. The predicted molar refractivity (Wildman–Crippen MR) is 92.4 cm³/mol. The van der Waals surface area contributed by atoms with Gasteiger partial charge in [0.25, 0.3) is 5.91 Å². The highest BCUT2D eigenvalue weighted by atomic mass is 16.5. The van der Waals surface area contributed by atoms with Gasteiger partial charge in [-0.3, -0.25) is 4.79 Å². The fourth-order valence-electron chi connectivity index (χ4n) is 2.23. The number of rotatable bonds is 5. The van der Waals surface area contributed by atoms with Crippen LogP contribution in [0.3, 0.4) is 0 Å². The van der Waals surface area contributed by atoms with Crippen molar-refractivity contribution < 1.29 is 19.1 Å². The molecule has 0 aromatic heterocycles. The van der Waals surface area contributed by atoms with Crippen LogP contribution in [0, 0.1) is 13.8 Å². The van der Waals surface area contributed by atoms with Gasteiger partial charge in [0.15, 0.2) is 6.10 Å². The number of aryl methyl sites for hydroxylation is 1. The number of para-hydroxylation sites is 2. The summed E-state index contributed by atoms with van der Waals surface area (Å²) < 4.78 is 10.5. The second kappa shape index (κ2) is 7.64. The van der Waals surface area contributed by atoms with Gasteiger partial charge in [0.05, 0.1) is 18.4 Å². The Morgan fingerprint density at radius 2 is 1.75 bits per heavy atom. The quantitative estimate of drug-likeness (QED) is 0.854. The van der Waals surface area contributed by atoms with Crippen molar-refractivity contribution in [2.24, 2.45) is 0 Å². The van der Waals surface area contributed by atoms with Gasteiger partial charge in [-0.25, -0.2) is 4.79 Å². The zero-order valence-corrected chi connectivity index (χ0v) is 14.3. The van der Waals surface area contributed by atoms with Crippen molar-refractivity contribution in [2.45, 2.75) is 26.9 Å². The van der Waals surface area contributed by atoms with Gasteiger partial charge in [-0.05, 0) is 50.1 Å². The SMILES string of the molecule is COc1ccccc1NC(=O)[C@@H](C)OC(=O)c1cccc(C)c1C. The van der Waals surface area contributed by atoms with Crippen LogP contribution in [-0.2, 0) is 9.53 Å². The third-order valence-corrected chi connectivity index (χ3v) is 3.84. The van der Waals surface area contributed by atoms with Crippen LogP contribution in [0.15, 0.2) is 42.5 Å². The van der Waals surface area contributed by atoms with Gasteiger partial charge >= 0.3 is 5.97 Å². The van der Waals surface area contributed by atoms with Crippen molar-refractivity contribution in [3.8, 4) is 5.75 Å². The molecule has 2 aromatic rings. The summed E-state index contributed by atoms with van der Waals surface area (Å²) in [4.78, 5) is 24.5. The molecule has 126 valence electrons. The third-order valence-electron chi connectivity index (χ3n) is 3.84. The van der Waals surface area contributed by atoms with Crippen molar-refractivity contribution in [2.75, 3.05) is 12.4 Å². The number of hydrogen-bond donors (Lipinski definition) is 1. The Hall–Kier alpha value is -2.82. The third kappa shape index (κ3) is 3.93. The van der Waals surface area contributed by atoms with Crippen LogP contribution in [0.5, 0.6) is 5.75 Å². The summed E-state index contributed by atoms with van der Waals surface area (Å²) >= 11 is 0. The molecule has 0 heterocycles. The molecule has 0 aliphatic rings. The molecule has 5 heteroatoms. The maximum absolute atomic E-state index is 12.3. The lowest BCUT2D eigenvalue weighted by Crippen LogP contribution is -2.30. The van der Waals surface area contributed by atoms with Crippen molar-refractivity contribution in [1.29, 1.82) is 0 Å². The van der Waals surface area contributed by atoms with Crippen LogP contribution in [0.4, 0.5) is 5.69 Å². The Balaban J connectivity index is 2.06. The van der Waals surface area contributed by atoms with E-state index in [1.54, 1.807) is 36.4 Å². The summed E-state index contributed by atoms with van der Waals surface area (Å²) in [5.74, 6) is -0.393. The Morgan fingerprint density at radius 3 is 2.46 bits per heavy atom. The van der Waals surface area contributed by atoms with E-state index in [1.165, 1.54) is 14.0 Å². The number of hydrogen-bond acceptors (Lipinski definition) is 4. The minimum atomic E-state index is -0.928. The first-order valence-electron chi connectivity index (χ1n) is 7.65. The lowest BCUT2D eigenvalue weighted by atomic mass is 10.0. The largest absolute Gasteiger partial charge is 0.495 e. The van der Waals surface area contributed by atoms with E-state index >= 15 is 0 Å². The molecule has 0 unspecified atom stereocenters. The van der Waals surface area contributed by atoms with Crippen molar-refractivity contribution in [3.63, 3.8) is 0 Å². The standard InChI is InChI=1S/C19H21NO4/c1-12-8-7-9-15(13(12)2)19(22)24-14(3)18(21)20-16-10-5-6-11-17(16)23-4/h5-11,14H,1-4H3,(H,20,21)/t14-/m1/s1. The minimum Gasteiger partial charge on any atom is -0.495 e. The van der Waals surface area contributed by atoms with E-state index in [1.807, 2.05) is 19.9 Å². The summed E-state index contributed by atoms with van der Waals surface area (Å²) in [6.07, 6.45) is -0.928. The fourth-order valence-corrected chi connectivity index (χ4v) is 2.23. The van der Waals surface area contributed by atoms with E-state index in [-0.39, 0.29) is 0 Å².